The van der Waals surface area contributed by atoms with Crippen LogP contribution in [0.2, 0.25) is 0 Å². The fourth-order valence-corrected chi connectivity index (χ4v) is 4.27. The van der Waals surface area contributed by atoms with Gasteiger partial charge in [0.15, 0.2) is 0 Å². The zero-order valence-corrected chi connectivity index (χ0v) is 12.3. The van der Waals surface area contributed by atoms with Gasteiger partial charge in [-0.15, -0.1) is 22.9 Å². The third kappa shape index (κ3) is 2.44. The summed E-state index contributed by atoms with van der Waals surface area (Å²) >= 11 is 11.8. The third-order valence-corrected chi connectivity index (χ3v) is 5.70. The maximum atomic E-state index is 6.55. The van der Waals surface area contributed by atoms with E-state index in [4.69, 9.17) is 11.6 Å². The summed E-state index contributed by atoms with van der Waals surface area (Å²) in [7, 11) is 0. The second-order valence-electron chi connectivity index (χ2n) is 4.46. The molecule has 1 aromatic carbocycles. The van der Waals surface area contributed by atoms with E-state index in [1.807, 2.05) is 0 Å². The Kier molecular flexibility index (Phi) is 3.29. The molecule has 17 heavy (non-hydrogen) atoms. The number of hydrogen-bond donors (Lipinski definition) is 0. The van der Waals surface area contributed by atoms with Crippen LogP contribution < -0.4 is 0 Å². The molecule has 3 rings (SSSR count). The van der Waals surface area contributed by atoms with Crippen LogP contribution in [-0.4, -0.2) is 0 Å². The van der Waals surface area contributed by atoms with Crippen LogP contribution in [0.15, 0.2) is 46.3 Å². The summed E-state index contributed by atoms with van der Waals surface area (Å²) < 4.78 is 1.16. The fraction of sp³-hybridized carbons (Fsp3) is 0.286. The number of rotatable bonds is 3. The number of halogens is 2. The van der Waals surface area contributed by atoms with Crippen molar-refractivity contribution in [1.82, 2.24) is 0 Å². The van der Waals surface area contributed by atoms with Crippen molar-refractivity contribution in [2.45, 2.75) is 17.7 Å². The highest BCUT2D eigenvalue weighted by atomic mass is 79.9. The van der Waals surface area contributed by atoms with E-state index in [0.29, 0.717) is 11.8 Å². The molecule has 1 heterocycles. The number of hydrogen-bond acceptors (Lipinski definition) is 1. The van der Waals surface area contributed by atoms with E-state index < -0.39 is 0 Å². The molecule has 1 aliphatic rings. The van der Waals surface area contributed by atoms with E-state index in [9.17, 15) is 0 Å². The van der Waals surface area contributed by atoms with Crippen molar-refractivity contribution in [3.05, 3.63) is 56.7 Å². The topological polar surface area (TPSA) is 0 Å². The first-order chi connectivity index (χ1) is 8.25. The lowest BCUT2D eigenvalue weighted by Gasteiger charge is -2.06. The summed E-state index contributed by atoms with van der Waals surface area (Å²) in [4.78, 5) is 1.28. The molecule has 0 nitrogen and oxygen atoms in total. The predicted octanol–water partition coefficient (Wildman–Crippen LogP) is 5.59. The lowest BCUT2D eigenvalue weighted by Crippen LogP contribution is -1.91. The van der Waals surface area contributed by atoms with Gasteiger partial charge in [0.25, 0.3) is 0 Å². The zero-order valence-electron chi connectivity index (χ0n) is 9.14. The van der Waals surface area contributed by atoms with Crippen LogP contribution in [-0.2, 0) is 0 Å². The van der Waals surface area contributed by atoms with Gasteiger partial charge in [-0.2, -0.15) is 0 Å². The minimum Gasteiger partial charge on any atom is -0.132 e. The Hall–Kier alpha value is -0.310. The smallest absolute Gasteiger partial charge is 0.0713 e. The van der Waals surface area contributed by atoms with Gasteiger partial charge >= 0.3 is 0 Å². The number of thiophene rings is 1. The zero-order chi connectivity index (χ0) is 11.8. The summed E-state index contributed by atoms with van der Waals surface area (Å²) in [6.45, 7) is 0. The standard InChI is InChI=1S/C14H12BrClS/c15-13-7-6-12(17-13)14(16)11-8-10(11)9-4-2-1-3-5-9/h1-7,10-11,14H,8H2. The summed E-state index contributed by atoms with van der Waals surface area (Å²) in [6.07, 6.45) is 1.22. The molecule has 0 N–H and O–H groups in total. The highest BCUT2D eigenvalue weighted by Gasteiger charge is 2.44. The Labute approximate surface area is 119 Å². The third-order valence-electron chi connectivity index (χ3n) is 3.31. The number of alkyl halides is 1. The average Bonchev–Trinajstić information content (AvgIpc) is 3.05. The van der Waals surface area contributed by atoms with Crippen LogP contribution in [0, 0.1) is 5.92 Å². The molecule has 2 aromatic rings. The van der Waals surface area contributed by atoms with E-state index in [-0.39, 0.29) is 5.38 Å². The van der Waals surface area contributed by atoms with Crippen molar-refractivity contribution in [1.29, 1.82) is 0 Å². The van der Waals surface area contributed by atoms with E-state index in [2.05, 4.69) is 58.4 Å². The minimum absolute atomic E-state index is 0.163. The Morgan fingerprint density at radius 2 is 1.94 bits per heavy atom. The van der Waals surface area contributed by atoms with Gasteiger partial charge in [0.05, 0.1) is 9.16 Å². The first-order valence-corrected chi connectivity index (χ1v) is 7.74. The van der Waals surface area contributed by atoms with Crippen molar-refractivity contribution in [2.24, 2.45) is 5.92 Å². The summed E-state index contributed by atoms with van der Waals surface area (Å²) in [5.41, 5.74) is 1.43. The molecule has 3 heteroatoms. The molecule has 0 aliphatic heterocycles. The average molecular weight is 328 g/mol. The van der Waals surface area contributed by atoms with Gasteiger partial charge in [-0.1, -0.05) is 30.3 Å². The van der Waals surface area contributed by atoms with Crippen LogP contribution in [0.3, 0.4) is 0 Å². The second kappa shape index (κ2) is 4.75. The molecular formula is C14H12BrClS. The molecule has 3 atom stereocenters. The summed E-state index contributed by atoms with van der Waals surface area (Å²) in [6, 6.07) is 14.9. The quantitative estimate of drug-likeness (QED) is 0.644. The van der Waals surface area contributed by atoms with E-state index in [1.54, 1.807) is 11.3 Å². The molecule has 88 valence electrons. The molecule has 1 fully saturated rings. The monoisotopic (exact) mass is 326 g/mol. The molecular weight excluding hydrogens is 316 g/mol. The van der Waals surface area contributed by atoms with E-state index in [1.165, 1.54) is 16.9 Å². The molecule has 0 saturated heterocycles. The van der Waals surface area contributed by atoms with Crippen LogP contribution in [0.5, 0.6) is 0 Å². The molecule has 1 aliphatic carbocycles. The molecule has 3 unspecified atom stereocenters. The Morgan fingerprint density at radius 1 is 1.18 bits per heavy atom. The number of benzene rings is 1. The van der Waals surface area contributed by atoms with Gasteiger partial charge in [-0.05, 0) is 51.9 Å². The van der Waals surface area contributed by atoms with Crippen LogP contribution in [0.4, 0.5) is 0 Å². The van der Waals surface area contributed by atoms with E-state index >= 15 is 0 Å². The second-order valence-corrected chi connectivity index (χ2v) is 7.43. The van der Waals surface area contributed by atoms with Crippen molar-refractivity contribution < 1.29 is 0 Å². The van der Waals surface area contributed by atoms with Crippen molar-refractivity contribution >= 4 is 38.9 Å². The predicted molar refractivity (Wildman–Crippen MR) is 77.9 cm³/mol. The molecule has 1 saturated carbocycles. The fourth-order valence-electron chi connectivity index (χ4n) is 2.31. The highest BCUT2D eigenvalue weighted by molar-refractivity contribution is 9.11. The summed E-state index contributed by atoms with van der Waals surface area (Å²) in [5.74, 6) is 1.25. The molecule has 0 radical (unpaired) electrons. The molecule has 1 aromatic heterocycles. The van der Waals surface area contributed by atoms with Crippen molar-refractivity contribution in [2.75, 3.05) is 0 Å². The van der Waals surface area contributed by atoms with E-state index in [0.717, 1.165) is 3.79 Å². The molecule has 0 amide bonds. The largest absolute Gasteiger partial charge is 0.132 e. The SMILES string of the molecule is ClC(c1ccc(Br)s1)C1CC1c1ccccc1. The van der Waals surface area contributed by atoms with Gasteiger partial charge in [0.2, 0.25) is 0 Å². The Morgan fingerprint density at radius 3 is 2.59 bits per heavy atom. The molecule has 0 spiro atoms. The van der Waals surface area contributed by atoms with Crippen LogP contribution in [0.25, 0.3) is 0 Å². The van der Waals surface area contributed by atoms with Gasteiger partial charge < -0.3 is 0 Å². The van der Waals surface area contributed by atoms with Crippen LogP contribution in [0.1, 0.15) is 28.2 Å². The Bertz CT molecular complexity index is 508. The molecule has 0 bridgehead atoms. The van der Waals surface area contributed by atoms with Gasteiger partial charge in [-0.3, -0.25) is 0 Å². The lowest BCUT2D eigenvalue weighted by molar-refractivity contribution is 0.776. The summed E-state index contributed by atoms with van der Waals surface area (Å²) in [5, 5.41) is 0.163. The first kappa shape index (κ1) is 11.8. The van der Waals surface area contributed by atoms with Gasteiger partial charge in [0, 0.05) is 4.88 Å². The van der Waals surface area contributed by atoms with Crippen molar-refractivity contribution in [3.8, 4) is 0 Å². The van der Waals surface area contributed by atoms with Gasteiger partial charge in [0.1, 0.15) is 0 Å². The van der Waals surface area contributed by atoms with Crippen molar-refractivity contribution in [3.63, 3.8) is 0 Å². The Balaban J connectivity index is 1.73. The maximum Gasteiger partial charge on any atom is 0.0713 e. The van der Waals surface area contributed by atoms with Crippen LogP contribution >= 0.6 is 38.9 Å². The minimum atomic E-state index is 0.163. The van der Waals surface area contributed by atoms with Gasteiger partial charge in [-0.25, -0.2) is 0 Å². The normalized spacial score (nSPS) is 24.6. The lowest BCUT2D eigenvalue weighted by atomic mass is 10.1. The maximum absolute atomic E-state index is 6.55. The highest BCUT2D eigenvalue weighted by Crippen LogP contribution is 2.57. The first-order valence-electron chi connectivity index (χ1n) is 5.70.